The van der Waals surface area contributed by atoms with Gasteiger partial charge in [-0.25, -0.2) is 0 Å². The molecule has 0 atom stereocenters. The highest BCUT2D eigenvalue weighted by atomic mass is 32.2. The predicted molar refractivity (Wildman–Crippen MR) is 69.0 cm³/mol. The van der Waals surface area contributed by atoms with Gasteiger partial charge in [0.2, 0.25) is 0 Å². The summed E-state index contributed by atoms with van der Waals surface area (Å²) in [4.78, 5) is 1.28. The summed E-state index contributed by atoms with van der Waals surface area (Å²) >= 11 is 1.75. The normalized spacial score (nSPS) is 19.6. The van der Waals surface area contributed by atoms with Crippen molar-refractivity contribution < 1.29 is 5.11 Å². The Morgan fingerprint density at radius 3 is 2.44 bits per heavy atom. The van der Waals surface area contributed by atoms with Crippen molar-refractivity contribution in [3.8, 4) is 0 Å². The van der Waals surface area contributed by atoms with Crippen molar-refractivity contribution in [2.24, 2.45) is 0 Å². The summed E-state index contributed by atoms with van der Waals surface area (Å²) in [6.07, 6.45) is 4.58. The highest BCUT2D eigenvalue weighted by Crippen LogP contribution is 2.24. The van der Waals surface area contributed by atoms with Crippen LogP contribution in [0.1, 0.15) is 18.4 Å². The molecule has 0 amide bonds. The Bertz CT molecular complexity index is 330. The lowest BCUT2D eigenvalue weighted by Crippen LogP contribution is -2.43. The topological polar surface area (TPSA) is 32.3 Å². The van der Waals surface area contributed by atoms with Crippen molar-refractivity contribution in [2.45, 2.75) is 29.8 Å². The van der Waals surface area contributed by atoms with Gasteiger partial charge in [-0.1, -0.05) is 12.1 Å². The average Bonchev–Trinajstić information content (AvgIpc) is 2.30. The summed E-state index contributed by atoms with van der Waals surface area (Å²) in [5.41, 5.74) is 0.744. The second-order valence-corrected chi connectivity index (χ2v) is 5.38. The maximum atomic E-state index is 10.4. The minimum Gasteiger partial charge on any atom is -0.389 e. The van der Waals surface area contributed by atoms with Gasteiger partial charge in [0.1, 0.15) is 0 Å². The minimum atomic E-state index is -0.494. The molecule has 1 aliphatic rings. The highest BCUT2D eigenvalue weighted by Gasteiger charge is 2.28. The summed E-state index contributed by atoms with van der Waals surface area (Å²) in [5, 5.41) is 13.7. The standard InChI is InChI=1S/C13H19NOS/c1-16-12-4-2-11(3-5-12)10-13(15)6-8-14-9-7-13/h2-5,14-15H,6-10H2,1H3. The van der Waals surface area contributed by atoms with Gasteiger partial charge < -0.3 is 10.4 Å². The Labute approximate surface area is 101 Å². The number of hydrogen-bond donors (Lipinski definition) is 2. The molecule has 0 bridgehead atoms. The summed E-state index contributed by atoms with van der Waals surface area (Å²) in [6.45, 7) is 1.86. The van der Waals surface area contributed by atoms with E-state index in [2.05, 4.69) is 35.8 Å². The number of benzene rings is 1. The molecule has 0 radical (unpaired) electrons. The molecule has 16 heavy (non-hydrogen) atoms. The zero-order chi connectivity index (χ0) is 11.4. The fourth-order valence-corrected chi connectivity index (χ4v) is 2.60. The lowest BCUT2D eigenvalue weighted by Gasteiger charge is -2.32. The molecule has 0 saturated carbocycles. The van der Waals surface area contributed by atoms with E-state index in [0.29, 0.717) is 0 Å². The van der Waals surface area contributed by atoms with E-state index in [1.807, 2.05) is 0 Å². The number of hydrogen-bond acceptors (Lipinski definition) is 3. The smallest absolute Gasteiger partial charge is 0.0712 e. The van der Waals surface area contributed by atoms with Crippen LogP contribution in [0.2, 0.25) is 0 Å². The third-order valence-electron chi connectivity index (χ3n) is 3.23. The molecule has 0 spiro atoms. The molecule has 1 saturated heterocycles. The second kappa shape index (κ2) is 5.21. The molecular weight excluding hydrogens is 218 g/mol. The molecule has 1 aliphatic heterocycles. The van der Waals surface area contributed by atoms with E-state index >= 15 is 0 Å². The van der Waals surface area contributed by atoms with E-state index in [-0.39, 0.29) is 0 Å². The zero-order valence-corrected chi connectivity index (χ0v) is 10.5. The van der Waals surface area contributed by atoms with Crippen LogP contribution in [0.5, 0.6) is 0 Å². The van der Waals surface area contributed by atoms with Gasteiger partial charge in [-0.15, -0.1) is 11.8 Å². The predicted octanol–water partition coefficient (Wildman–Crippen LogP) is 2.07. The third-order valence-corrected chi connectivity index (χ3v) is 3.97. The fraction of sp³-hybridized carbons (Fsp3) is 0.538. The van der Waals surface area contributed by atoms with Crippen LogP contribution >= 0.6 is 11.8 Å². The molecule has 2 rings (SSSR count). The molecule has 2 nitrogen and oxygen atoms in total. The van der Waals surface area contributed by atoms with E-state index in [1.54, 1.807) is 11.8 Å². The maximum Gasteiger partial charge on any atom is 0.0712 e. The van der Waals surface area contributed by atoms with E-state index in [4.69, 9.17) is 0 Å². The molecule has 1 aromatic rings. The minimum absolute atomic E-state index is 0.494. The van der Waals surface area contributed by atoms with Crippen LogP contribution in [0, 0.1) is 0 Å². The van der Waals surface area contributed by atoms with Gasteiger partial charge in [-0.05, 0) is 49.9 Å². The van der Waals surface area contributed by atoms with E-state index in [1.165, 1.54) is 10.5 Å². The molecule has 2 N–H and O–H groups in total. The van der Waals surface area contributed by atoms with Crippen LogP contribution in [0.25, 0.3) is 0 Å². The number of nitrogens with one attached hydrogen (secondary N) is 1. The van der Waals surface area contributed by atoms with Gasteiger partial charge >= 0.3 is 0 Å². The summed E-state index contributed by atoms with van der Waals surface area (Å²) in [6, 6.07) is 8.52. The number of aliphatic hydroxyl groups is 1. The molecule has 1 heterocycles. The van der Waals surface area contributed by atoms with Gasteiger partial charge in [0.25, 0.3) is 0 Å². The lowest BCUT2D eigenvalue weighted by molar-refractivity contribution is 0.0109. The van der Waals surface area contributed by atoms with Crippen molar-refractivity contribution in [3.63, 3.8) is 0 Å². The van der Waals surface area contributed by atoms with Gasteiger partial charge in [0, 0.05) is 11.3 Å². The zero-order valence-electron chi connectivity index (χ0n) is 9.70. The summed E-state index contributed by atoms with van der Waals surface area (Å²) in [5.74, 6) is 0. The Balaban J connectivity index is 2.01. The Kier molecular flexibility index (Phi) is 3.90. The van der Waals surface area contributed by atoms with Crippen molar-refractivity contribution in [1.29, 1.82) is 0 Å². The Hall–Kier alpha value is -0.510. The monoisotopic (exact) mass is 237 g/mol. The van der Waals surface area contributed by atoms with Crippen LogP contribution in [-0.4, -0.2) is 30.1 Å². The van der Waals surface area contributed by atoms with Crippen molar-refractivity contribution in [2.75, 3.05) is 19.3 Å². The first-order chi connectivity index (χ1) is 7.72. The summed E-state index contributed by atoms with van der Waals surface area (Å²) in [7, 11) is 0. The number of rotatable bonds is 3. The molecule has 0 unspecified atom stereocenters. The summed E-state index contributed by atoms with van der Waals surface area (Å²) < 4.78 is 0. The van der Waals surface area contributed by atoms with Crippen LogP contribution in [0.15, 0.2) is 29.2 Å². The highest BCUT2D eigenvalue weighted by molar-refractivity contribution is 7.98. The Morgan fingerprint density at radius 2 is 1.88 bits per heavy atom. The molecule has 1 aromatic carbocycles. The van der Waals surface area contributed by atoms with Crippen LogP contribution < -0.4 is 5.32 Å². The second-order valence-electron chi connectivity index (χ2n) is 4.50. The van der Waals surface area contributed by atoms with Gasteiger partial charge in [-0.3, -0.25) is 0 Å². The van der Waals surface area contributed by atoms with E-state index in [9.17, 15) is 5.11 Å². The quantitative estimate of drug-likeness (QED) is 0.789. The third kappa shape index (κ3) is 3.00. The lowest BCUT2D eigenvalue weighted by atomic mass is 9.86. The van der Waals surface area contributed by atoms with Crippen molar-refractivity contribution in [1.82, 2.24) is 5.32 Å². The maximum absolute atomic E-state index is 10.4. The first-order valence-electron chi connectivity index (χ1n) is 5.78. The molecule has 1 fully saturated rings. The molecule has 3 heteroatoms. The number of piperidine rings is 1. The average molecular weight is 237 g/mol. The Morgan fingerprint density at radius 1 is 1.25 bits per heavy atom. The fourth-order valence-electron chi connectivity index (χ4n) is 2.19. The van der Waals surface area contributed by atoms with Crippen LogP contribution in [-0.2, 0) is 6.42 Å². The SMILES string of the molecule is CSc1ccc(CC2(O)CCNCC2)cc1. The van der Waals surface area contributed by atoms with E-state index in [0.717, 1.165) is 32.4 Å². The molecule has 88 valence electrons. The van der Waals surface area contributed by atoms with Gasteiger partial charge in [0.15, 0.2) is 0 Å². The number of thioether (sulfide) groups is 1. The van der Waals surface area contributed by atoms with Crippen LogP contribution in [0.3, 0.4) is 0 Å². The molecule has 0 aromatic heterocycles. The van der Waals surface area contributed by atoms with Crippen molar-refractivity contribution in [3.05, 3.63) is 29.8 Å². The van der Waals surface area contributed by atoms with E-state index < -0.39 is 5.60 Å². The van der Waals surface area contributed by atoms with Crippen LogP contribution in [0.4, 0.5) is 0 Å². The van der Waals surface area contributed by atoms with Crippen molar-refractivity contribution >= 4 is 11.8 Å². The van der Waals surface area contributed by atoms with Gasteiger partial charge in [-0.2, -0.15) is 0 Å². The van der Waals surface area contributed by atoms with Gasteiger partial charge in [0.05, 0.1) is 5.60 Å². The molecular formula is C13H19NOS. The molecule has 0 aliphatic carbocycles. The first kappa shape index (κ1) is 12.0. The first-order valence-corrected chi connectivity index (χ1v) is 7.00. The largest absolute Gasteiger partial charge is 0.389 e.